The Morgan fingerprint density at radius 1 is 0.406 bits per heavy atom. The van der Waals surface area contributed by atoms with Crippen LogP contribution < -0.4 is 20.9 Å². The standard InChI is InChI=1S/C21H33F3N2O2S.C18H26F3NO2S.C8H7NO2S2.C6H10N2O2S2.C6H7NO2S.2C4H10.2C2H6/c1-14(2)16-17(22)19(24)21(29(25,27)28)20(18(16)23)26-15-12-10-8-6-4-3-5-7-9-11-13-15;1-11(2)13-14(19)16(21)18(25(3,23)24)17(15(13)20)22-12-9-7-5-4-6-8-10-12;1-13(10,11)8-9-6-4-2-3-5-7(6)12-8;1-4(2)5-7-8-6(11-5)12(3,9)10;7-10(8,9)6-4-2-1-3-5-6;2*1-4(2)3;2*1-2/h14-15,26H,3-13H2,1-2H3,(H2,25,27,28);11-12,22H,4-10H2,1-3H3;2-5H,1H3;4H,1-3H3;1-5H,(H2,7,8,9);2*4H,1-3H3;2*1-2H3. The number of nitrogens with zero attached hydrogens (tertiary/aromatic N) is 3. The number of thiazole rings is 1. The topological polar surface area (TPSA) is 285 Å². The molecule has 0 saturated heterocycles. The molecule has 101 heavy (non-hydrogen) atoms. The quantitative estimate of drug-likeness (QED) is 0.0654. The molecule has 8 rings (SSSR count). The van der Waals surface area contributed by atoms with Gasteiger partial charge in [-0.15, -0.1) is 21.5 Å². The Bertz CT molecular complexity index is 3950. The number of benzene rings is 4. The molecule has 0 amide bonds. The van der Waals surface area contributed by atoms with E-state index in [1.54, 1.807) is 38.1 Å². The number of halogens is 6. The molecule has 2 saturated carbocycles. The van der Waals surface area contributed by atoms with Gasteiger partial charge >= 0.3 is 0 Å². The average Bonchev–Trinajstić information content (AvgIpc) is 1.57. The van der Waals surface area contributed by atoms with Gasteiger partial charge in [-0.2, -0.15) is 0 Å². The van der Waals surface area contributed by atoms with Gasteiger partial charge in [0.25, 0.3) is 0 Å². The smallest absolute Gasteiger partial charge is 0.243 e. The molecule has 0 spiro atoms. The summed E-state index contributed by atoms with van der Waals surface area (Å²) in [5.74, 6) is -7.48. The molecule has 0 bridgehead atoms. The van der Waals surface area contributed by atoms with E-state index in [2.05, 4.69) is 67.4 Å². The van der Waals surface area contributed by atoms with Crippen molar-refractivity contribution in [1.29, 1.82) is 0 Å². The van der Waals surface area contributed by atoms with Gasteiger partial charge in [-0.1, -0.05) is 242 Å². The normalized spacial score (nSPS) is 14.5. The molecule has 6 aromatic rings. The fraction of sp³-hybridized carbons (Fsp3) is 0.620. The number of hydrogen-bond donors (Lipinski definition) is 4. The number of sulfonamides is 2. The van der Waals surface area contributed by atoms with Crippen molar-refractivity contribution in [2.45, 2.75) is 280 Å². The fourth-order valence-electron chi connectivity index (χ4n) is 9.74. The fourth-order valence-corrected chi connectivity index (χ4v) is 15.5. The Labute approximate surface area is 610 Å². The lowest BCUT2D eigenvalue weighted by Crippen LogP contribution is -2.26. The molecular formula is C71H115F6N7O10S7. The van der Waals surface area contributed by atoms with Crippen LogP contribution in [0.1, 0.15) is 260 Å². The number of nitrogens with two attached hydrogens (primary N) is 2. The molecule has 2 aliphatic rings. The third-order valence-corrected chi connectivity index (χ3v) is 22.9. The van der Waals surface area contributed by atoms with E-state index >= 15 is 4.39 Å². The Hall–Kier alpha value is -4.82. The van der Waals surface area contributed by atoms with Gasteiger partial charge in [-0.05, 0) is 73.6 Å². The van der Waals surface area contributed by atoms with E-state index in [4.69, 9.17) is 10.3 Å². The maximum absolute atomic E-state index is 15.2. The Morgan fingerprint density at radius 3 is 1.03 bits per heavy atom. The highest BCUT2D eigenvalue weighted by Crippen LogP contribution is 2.39. The third-order valence-electron chi connectivity index (χ3n) is 14.2. The largest absolute Gasteiger partial charge is 0.379 e. The summed E-state index contributed by atoms with van der Waals surface area (Å²) in [5, 5.41) is 23.9. The molecule has 4 aromatic carbocycles. The maximum Gasteiger partial charge on any atom is 0.243 e. The van der Waals surface area contributed by atoms with Gasteiger partial charge in [-0.25, -0.2) is 83.7 Å². The van der Waals surface area contributed by atoms with Crippen LogP contribution in [0, 0.1) is 46.7 Å². The van der Waals surface area contributed by atoms with E-state index in [0.29, 0.717) is 12.8 Å². The highest BCUT2D eigenvalue weighted by Gasteiger charge is 2.34. The van der Waals surface area contributed by atoms with Crippen molar-refractivity contribution in [2.75, 3.05) is 29.4 Å². The van der Waals surface area contributed by atoms with E-state index in [-0.39, 0.29) is 31.6 Å². The number of primary sulfonamides is 2. The number of aromatic nitrogens is 3. The molecule has 0 atom stereocenters. The van der Waals surface area contributed by atoms with Crippen LogP contribution >= 0.6 is 22.7 Å². The Morgan fingerprint density at radius 2 is 0.743 bits per heavy atom. The summed E-state index contributed by atoms with van der Waals surface area (Å²) in [6.45, 7) is 31.0. The van der Waals surface area contributed by atoms with Crippen LogP contribution in [0.5, 0.6) is 0 Å². The summed E-state index contributed by atoms with van der Waals surface area (Å²) < 4.78 is 203. The van der Waals surface area contributed by atoms with Gasteiger partial charge in [0, 0.05) is 47.9 Å². The van der Waals surface area contributed by atoms with Gasteiger partial charge in [0.15, 0.2) is 44.7 Å². The molecule has 0 unspecified atom stereocenters. The Kier molecular flexibility index (Phi) is 44.7. The van der Waals surface area contributed by atoms with Crippen molar-refractivity contribution in [3.63, 3.8) is 0 Å². The lowest BCUT2D eigenvalue weighted by Gasteiger charge is -2.25. The second-order valence-electron chi connectivity index (χ2n) is 26.4. The van der Waals surface area contributed by atoms with Crippen molar-refractivity contribution < 1.29 is 68.4 Å². The first-order chi connectivity index (χ1) is 46.8. The summed E-state index contributed by atoms with van der Waals surface area (Å²) in [6.07, 6.45) is 20.9. The third kappa shape index (κ3) is 35.2. The van der Waals surface area contributed by atoms with Gasteiger partial charge < -0.3 is 10.6 Å². The molecular weight excluding hydrogens is 1450 g/mol. The number of anilines is 2. The minimum Gasteiger partial charge on any atom is -0.379 e. The molecule has 2 aromatic heterocycles. The zero-order chi connectivity index (χ0) is 78.0. The van der Waals surface area contributed by atoms with Gasteiger partial charge in [0.2, 0.25) is 48.4 Å². The molecule has 0 radical (unpaired) electrons. The van der Waals surface area contributed by atoms with Crippen LogP contribution in [0.15, 0.2) is 78.0 Å². The molecule has 17 nitrogen and oxygen atoms in total. The first-order valence-electron chi connectivity index (χ1n) is 34.7. The summed E-state index contributed by atoms with van der Waals surface area (Å²) in [5.41, 5.74) is -1.10. The van der Waals surface area contributed by atoms with Gasteiger partial charge in [-0.3, -0.25) is 0 Å². The van der Waals surface area contributed by atoms with Gasteiger partial charge in [0.1, 0.15) is 14.8 Å². The van der Waals surface area contributed by atoms with Crippen LogP contribution in [0.25, 0.3) is 10.2 Å². The lowest BCUT2D eigenvalue weighted by atomic mass is 9.95. The second kappa shape index (κ2) is 46.9. The molecule has 2 fully saturated rings. The van der Waals surface area contributed by atoms with Gasteiger partial charge in [0.05, 0.1) is 26.5 Å². The van der Waals surface area contributed by atoms with Crippen molar-refractivity contribution in [3.8, 4) is 0 Å². The molecule has 2 heterocycles. The summed E-state index contributed by atoms with van der Waals surface area (Å²) in [4.78, 5) is 2.13. The highest BCUT2D eigenvalue weighted by atomic mass is 32.2. The van der Waals surface area contributed by atoms with Crippen molar-refractivity contribution in [3.05, 3.63) is 106 Å². The molecule has 578 valence electrons. The number of para-hydroxylation sites is 1. The lowest BCUT2D eigenvalue weighted by molar-refractivity contribution is 0.446. The number of sulfone groups is 3. The van der Waals surface area contributed by atoms with E-state index in [1.807, 2.05) is 59.7 Å². The minimum atomic E-state index is -4.66. The number of hydrogen-bond acceptors (Lipinski definition) is 17. The summed E-state index contributed by atoms with van der Waals surface area (Å²) in [6, 6.07) is 14.9. The monoisotopic (exact) mass is 1560 g/mol. The van der Waals surface area contributed by atoms with Crippen LogP contribution in [-0.4, -0.2) is 88.1 Å². The van der Waals surface area contributed by atoms with E-state index < -0.39 is 129 Å². The van der Waals surface area contributed by atoms with Crippen molar-refractivity contribution in [1.82, 2.24) is 15.2 Å². The summed E-state index contributed by atoms with van der Waals surface area (Å²) >= 11 is 2.34. The highest BCUT2D eigenvalue weighted by molar-refractivity contribution is 7.93. The minimum absolute atomic E-state index is 0.103. The van der Waals surface area contributed by atoms with Crippen LogP contribution in [0.3, 0.4) is 0 Å². The zero-order valence-electron chi connectivity index (χ0n) is 62.7. The van der Waals surface area contributed by atoms with Crippen molar-refractivity contribution >= 4 is 93.8 Å². The molecule has 6 N–H and O–H groups in total. The zero-order valence-corrected chi connectivity index (χ0v) is 68.4. The van der Waals surface area contributed by atoms with Crippen molar-refractivity contribution in [2.24, 2.45) is 22.1 Å². The predicted molar refractivity (Wildman–Crippen MR) is 405 cm³/mol. The van der Waals surface area contributed by atoms with Crippen LogP contribution in [-0.2, 0) is 49.6 Å². The maximum atomic E-state index is 15.2. The van der Waals surface area contributed by atoms with Crippen LogP contribution in [0.2, 0.25) is 0 Å². The molecule has 0 aliphatic heterocycles. The SMILES string of the molecule is CC.CC.CC(C)C.CC(C)C.CC(C)c1c(F)c(F)c(S(C)(=O)=O)c(NC2CCCCCCC2)c1F.CC(C)c1c(F)c(F)c(S(N)(=O)=O)c(NC2CCCCCCCCCCC2)c1F.CC(C)c1nnc(S(C)(=O)=O)s1.CS(=O)(=O)c1nc2ccccc2s1.NS(=O)(=O)c1ccccc1. The first kappa shape index (κ1) is 96.2. The number of rotatable bonds is 12. The second-order valence-corrected chi connectivity index (χ2v) is 37.8. The Balaban J connectivity index is 0.00000124. The van der Waals surface area contributed by atoms with E-state index in [0.717, 1.165) is 134 Å². The summed E-state index contributed by atoms with van der Waals surface area (Å²) in [7, 11) is -18.6. The van der Waals surface area contributed by atoms with E-state index in [9.17, 15) is 64.0 Å². The number of nitrogens with one attached hydrogen (secondary N) is 2. The molecule has 30 heteroatoms. The number of fused-ring (bicyclic) bond motifs is 1. The first-order valence-corrected chi connectivity index (χ1v) is 45.1. The van der Waals surface area contributed by atoms with E-state index in [1.165, 1.54) is 62.8 Å². The molecule has 2 aliphatic carbocycles. The average molecular weight is 1570 g/mol. The van der Waals surface area contributed by atoms with Crippen LogP contribution in [0.4, 0.5) is 37.7 Å². The predicted octanol–water partition coefficient (Wildman–Crippen LogP) is 19.6.